The van der Waals surface area contributed by atoms with Crippen LogP contribution in [-0.4, -0.2) is 10.0 Å². The summed E-state index contributed by atoms with van der Waals surface area (Å²) >= 11 is 1.46. The fourth-order valence-electron chi connectivity index (χ4n) is 0.799. The Morgan fingerprint density at radius 2 is 2.56 bits per heavy atom. The Bertz CT molecular complexity index is 141. The summed E-state index contributed by atoms with van der Waals surface area (Å²) in [5.74, 6) is 0. The van der Waals surface area contributed by atoms with Gasteiger partial charge >= 0.3 is 0 Å². The Morgan fingerprint density at radius 3 is 3.00 bits per heavy atom. The molecule has 0 saturated carbocycles. The minimum absolute atomic E-state index is 0.630. The van der Waals surface area contributed by atoms with E-state index >= 15 is 0 Å². The molecule has 0 aromatic carbocycles. The predicted octanol–water partition coefficient (Wildman–Crippen LogP) is 1.90. The van der Waals surface area contributed by atoms with Gasteiger partial charge in [0, 0.05) is 6.42 Å². The summed E-state index contributed by atoms with van der Waals surface area (Å²) in [6.45, 7) is 1.91. The van der Waals surface area contributed by atoms with Gasteiger partial charge < -0.3 is 5.11 Å². The first-order chi connectivity index (χ1) is 4.27. The van der Waals surface area contributed by atoms with Crippen molar-refractivity contribution in [2.24, 2.45) is 0 Å². The van der Waals surface area contributed by atoms with Gasteiger partial charge in [-0.1, -0.05) is 23.9 Å². The van der Waals surface area contributed by atoms with Crippen molar-refractivity contribution in [1.29, 1.82) is 0 Å². The molecule has 9 heavy (non-hydrogen) atoms. The predicted molar refractivity (Wildman–Crippen MR) is 41.1 cm³/mol. The lowest BCUT2D eigenvalue weighted by Gasteiger charge is -2.14. The van der Waals surface area contributed by atoms with Gasteiger partial charge in [-0.2, -0.15) is 0 Å². The van der Waals surface area contributed by atoms with E-state index in [1.165, 1.54) is 11.8 Å². The molecule has 1 aliphatic rings. The van der Waals surface area contributed by atoms with Gasteiger partial charge in [0.05, 0.1) is 0 Å². The number of aliphatic hydroxyl groups is 1. The van der Waals surface area contributed by atoms with Crippen LogP contribution in [0.2, 0.25) is 0 Å². The molecule has 1 nitrogen and oxygen atoms in total. The van der Waals surface area contributed by atoms with Crippen LogP contribution in [0.4, 0.5) is 0 Å². The third-order valence-corrected chi connectivity index (χ3v) is 2.25. The lowest BCUT2D eigenvalue weighted by molar-refractivity contribution is 0.194. The SMILES string of the molecule is CC=CC1(O)CC=CS1. The van der Waals surface area contributed by atoms with Gasteiger partial charge in [-0.15, -0.1) is 0 Å². The fraction of sp³-hybridized carbons (Fsp3) is 0.429. The molecule has 1 unspecified atom stereocenters. The van der Waals surface area contributed by atoms with E-state index in [1.54, 1.807) is 0 Å². The van der Waals surface area contributed by atoms with E-state index in [2.05, 4.69) is 0 Å². The summed E-state index contributed by atoms with van der Waals surface area (Å²) in [7, 11) is 0. The molecule has 0 saturated heterocycles. The van der Waals surface area contributed by atoms with E-state index in [9.17, 15) is 5.11 Å². The Kier molecular flexibility index (Phi) is 1.98. The van der Waals surface area contributed by atoms with Crippen molar-refractivity contribution in [3.63, 3.8) is 0 Å². The van der Waals surface area contributed by atoms with Crippen LogP contribution >= 0.6 is 11.8 Å². The molecule has 0 aromatic rings. The zero-order chi connectivity index (χ0) is 6.74. The highest BCUT2D eigenvalue weighted by Gasteiger charge is 2.24. The Morgan fingerprint density at radius 1 is 1.78 bits per heavy atom. The molecule has 1 N–H and O–H groups in total. The van der Waals surface area contributed by atoms with Crippen LogP contribution in [-0.2, 0) is 0 Å². The van der Waals surface area contributed by atoms with Crippen LogP contribution in [0.3, 0.4) is 0 Å². The molecule has 0 aliphatic carbocycles. The van der Waals surface area contributed by atoms with Gasteiger partial charge in [0.1, 0.15) is 4.93 Å². The molecule has 0 aromatic heterocycles. The van der Waals surface area contributed by atoms with Crippen molar-refractivity contribution in [3.05, 3.63) is 23.6 Å². The van der Waals surface area contributed by atoms with Crippen molar-refractivity contribution in [2.75, 3.05) is 0 Å². The van der Waals surface area contributed by atoms with Crippen molar-refractivity contribution < 1.29 is 5.11 Å². The molecule has 0 bridgehead atoms. The van der Waals surface area contributed by atoms with Gasteiger partial charge in [-0.3, -0.25) is 0 Å². The van der Waals surface area contributed by atoms with Gasteiger partial charge in [0.25, 0.3) is 0 Å². The molecule has 1 rings (SSSR count). The molecule has 0 fully saturated rings. The third-order valence-electron chi connectivity index (χ3n) is 1.21. The van der Waals surface area contributed by atoms with Crippen molar-refractivity contribution in [2.45, 2.75) is 18.3 Å². The minimum atomic E-state index is -0.630. The van der Waals surface area contributed by atoms with Crippen LogP contribution < -0.4 is 0 Å². The molecule has 0 amide bonds. The van der Waals surface area contributed by atoms with Gasteiger partial charge in [-0.05, 0) is 18.4 Å². The second kappa shape index (κ2) is 2.58. The number of rotatable bonds is 1. The number of hydrogen-bond acceptors (Lipinski definition) is 2. The van der Waals surface area contributed by atoms with Crippen LogP contribution in [0.15, 0.2) is 23.6 Å². The van der Waals surface area contributed by atoms with Gasteiger partial charge in [0.15, 0.2) is 0 Å². The smallest absolute Gasteiger partial charge is 0.136 e. The van der Waals surface area contributed by atoms with Crippen molar-refractivity contribution in [3.8, 4) is 0 Å². The van der Waals surface area contributed by atoms with Crippen molar-refractivity contribution in [1.82, 2.24) is 0 Å². The monoisotopic (exact) mass is 142 g/mol. The summed E-state index contributed by atoms with van der Waals surface area (Å²) in [4.78, 5) is -0.630. The minimum Gasteiger partial charge on any atom is -0.375 e. The average Bonchev–Trinajstić information content (AvgIpc) is 2.16. The van der Waals surface area contributed by atoms with Crippen molar-refractivity contribution >= 4 is 11.8 Å². The van der Waals surface area contributed by atoms with Gasteiger partial charge in [0.2, 0.25) is 0 Å². The second-order valence-corrected chi connectivity index (χ2v) is 3.25. The molecule has 1 aliphatic heterocycles. The molecular weight excluding hydrogens is 132 g/mol. The van der Waals surface area contributed by atoms with Crippen LogP contribution in [0.25, 0.3) is 0 Å². The third kappa shape index (κ3) is 1.60. The van der Waals surface area contributed by atoms with E-state index in [0.29, 0.717) is 0 Å². The Hall–Kier alpha value is -0.210. The standard InChI is InChI=1S/C7H10OS/c1-2-4-7(8)5-3-6-9-7/h2-4,6,8H,5H2,1H3. The maximum absolute atomic E-state index is 9.50. The van der Waals surface area contributed by atoms with Gasteiger partial charge in [-0.25, -0.2) is 0 Å². The maximum Gasteiger partial charge on any atom is 0.136 e. The fourth-order valence-corrected chi connectivity index (χ4v) is 1.63. The Labute approximate surface area is 59.5 Å². The maximum atomic E-state index is 9.50. The lowest BCUT2D eigenvalue weighted by atomic mass is 10.2. The zero-order valence-electron chi connectivity index (χ0n) is 5.37. The highest BCUT2D eigenvalue weighted by atomic mass is 32.2. The van der Waals surface area contributed by atoms with E-state index in [-0.39, 0.29) is 0 Å². The largest absolute Gasteiger partial charge is 0.375 e. The highest BCUT2D eigenvalue weighted by Crippen LogP contribution is 2.34. The second-order valence-electron chi connectivity index (χ2n) is 2.04. The first-order valence-electron chi connectivity index (χ1n) is 2.96. The molecule has 0 spiro atoms. The van der Waals surface area contributed by atoms with E-state index < -0.39 is 4.93 Å². The summed E-state index contributed by atoms with van der Waals surface area (Å²) in [6.07, 6.45) is 6.41. The topological polar surface area (TPSA) is 20.2 Å². The summed E-state index contributed by atoms with van der Waals surface area (Å²) < 4.78 is 0. The first-order valence-corrected chi connectivity index (χ1v) is 3.84. The molecule has 2 heteroatoms. The van der Waals surface area contributed by atoms with E-state index in [1.807, 2.05) is 30.6 Å². The normalized spacial score (nSPS) is 34.4. The van der Waals surface area contributed by atoms with Crippen LogP contribution in [0, 0.1) is 0 Å². The first kappa shape index (κ1) is 6.90. The number of hydrogen-bond donors (Lipinski definition) is 1. The summed E-state index contributed by atoms with van der Waals surface area (Å²) in [5, 5.41) is 11.4. The summed E-state index contributed by atoms with van der Waals surface area (Å²) in [6, 6.07) is 0. The molecule has 50 valence electrons. The highest BCUT2D eigenvalue weighted by molar-refractivity contribution is 8.03. The quantitative estimate of drug-likeness (QED) is 0.564. The molecule has 0 radical (unpaired) electrons. The molecular formula is C7H10OS. The van der Waals surface area contributed by atoms with Crippen LogP contribution in [0.5, 0.6) is 0 Å². The molecule has 1 atom stereocenters. The zero-order valence-corrected chi connectivity index (χ0v) is 6.19. The Balaban J connectivity index is 2.55. The lowest BCUT2D eigenvalue weighted by Crippen LogP contribution is -2.15. The van der Waals surface area contributed by atoms with E-state index in [0.717, 1.165) is 6.42 Å². The average molecular weight is 142 g/mol. The van der Waals surface area contributed by atoms with Crippen LogP contribution in [0.1, 0.15) is 13.3 Å². The summed E-state index contributed by atoms with van der Waals surface area (Å²) in [5.41, 5.74) is 0. The number of thioether (sulfide) groups is 1. The molecule has 1 heterocycles. The van der Waals surface area contributed by atoms with E-state index in [4.69, 9.17) is 0 Å². The number of allylic oxidation sites excluding steroid dienone is 1.